The van der Waals surface area contributed by atoms with E-state index >= 15 is 0 Å². The molecule has 0 unspecified atom stereocenters. The summed E-state index contributed by atoms with van der Waals surface area (Å²) in [7, 11) is 0. The lowest BCUT2D eigenvalue weighted by atomic mass is 10.0. The third-order valence-corrected chi connectivity index (χ3v) is 3.16. The fourth-order valence-corrected chi connectivity index (χ4v) is 2.61. The summed E-state index contributed by atoms with van der Waals surface area (Å²) in [6.45, 7) is 3.91. The molecule has 1 aromatic carbocycles. The third-order valence-electron chi connectivity index (χ3n) is 2.31. The smallest absolute Gasteiger partial charge is 0.132 e. The van der Waals surface area contributed by atoms with E-state index in [9.17, 15) is 4.39 Å². The van der Waals surface area contributed by atoms with E-state index in [-0.39, 0.29) is 11.4 Å². The van der Waals surface area contributed by atoms with Gasteiger partial charge in [0.05, 0.1) is 10.7 Å². The van der Waals surface area contributed by atoms with Gasteiger partial charge in [-0.25, -0.2) is 9.37 Å². The number of hydrogen-bond acceptors (Lipinski definition) is 3. The van der Waals surface area contributed by atoms with Crippen molar-refractivity contribution in [1.82, 2.24) is 4.98 Å². The quantitative estimate of drug-likeness (QED) is 0.908. The van der Waals surface area contributed by atoms with Crippen molar-refractivity contribution < 1.29 is 4.39 Å². The summed E-state index contributed by atoms with van der Waals surface area (Å²) in [5.74, 6) is -0.239. The van der Waals surface area contributed by atoms with Crippen molar-refractivity contribution in [3.05, 3.63) is 40.5 Å². The molecule has 0 bridgehead atoms. The van der Waals surface area contributed by atoms with Crippen LogP contribution in [-0.2, 0) is 6.42 Å². The van der Waals surface area contributed by atoms with E-state index in [0.29, 0.717) is 17.7 Å². The van der Waals surface area contributed by atoms with Crippen molar-refractivity contribution >= 4 is 11.3 Å². The normalized spacial score (nSPS) is 11.8. The Labute approximate surface area is 104 Å². The maximum atomic E-state index is 13.6. The van der Waals surface area contributed by atoms with E-state index in [0.717, 1.165) is 5.01 Å². The molecular weight excluding hydrogens is 235 g/mol. The highest BCUT2D eigenvalue weighted by Gasteiger charge is 2.15. The Morgan fingerprint density at radius 3 is 2.71 bits per heavy atom. The first kappa shape index (κ1) is 12.2. The predicted octanol–water partition coefficient (Wildman–Crippen LogP) is 3.23. The van der Waals surface area contributed by atoms with Crippen LogP contribution >= 0.6 is 11.3 Å². The van der Waals surface area contributed by atoms with Crippen LogP contribution in [0.25, 0.3) is 11.3 Å². The van der Waals surface area contributed by atoms with Crippen LogP contribution in [0.1, 0.15) is 18.9 Å². The average molecular weight is 250 g/mol. The van der Waals surface area contributed by atoms with Crippen LogP contribution in [0, 0.1) is 5.82 Å². The first-order valence-electron chi connectivity index (χ1n) is 5.44. The highest BCUT2D eigenvalue weighted by atomic mass is 32.1. The van der Waals surface area contributed by atoms with Crippen LogP contribution in [0.15, 0.2) is 29.6 Å². The Morgan fingerprint density at radius 1 is 1.35 bits per heavy atom. The average Bonchev–Trinajstić information content (AvgIpc) is 2.64. The lowest BCUT2D eigenvalue weighted by Crippen LogP contribution is -2.34. The number of thiazole rings is 1. The zero-order valence-corrected chi connectivity index (χ0v) is 10.7. The van der Waals surface area contributed by atoms with Gasteiger partial charge in [0.15, 0.2) is 0 Å². The third kappa shape index (κ3) is 3.11. The van der Waals surface area contributed by atoms with Crippen LogP contribution in [-0.4, -0.2) is 10.5 Å². The number of halogens is 1. The van der Waals surface area contributed by atoms with Crippen LogP contribution < -0.4 is 5.73 Å². The Hall–Kier alpha value is -1.26. The number of nitrogens with two attached hydrogens (primary N) is 1. The van der Waals surface area contributed by atoms with Crippen LogP contribution in [0.3, 0.4) is 0 Å². The van der Waals surface area contributed by atoms with E-state index in [1.807, 2.05) is 25.3 Å². The number of nitrogens with zero attached hydrogens (tertiary/aromatic N) is 1. The molecule has 0 aliphatic carbocycles. The molecular formula is C13H15FN2S. The van der Waals surface area contributed by atoms with Gasteiger partial charge in [0.1, 0.15) is 5.82 Å². The first-order chi connectivity index (χ1) is 7.96. The van der Waals surface area contributed by atoms with E-state index in [4.69, 9.17) is 5.73 Å². The van der Waals surface area contributed by atoms with E-state index in [1.165, 1.54) is 17.4 Å². The van der Waals surface area contributed by atoms with Crippen molar-refractivity contribution in [1.29, 1.82) is 0 Å². The van der Waals surface area contributed by atoms with Crippen molar-refractivity contribution in [2.24, 2.45) is 5.73 Å². The number of aromatic nitrogens is 1. The van der Waals surface area contributed by atoms with Crippen molar-refractivity contribution in [2.45, 2.75) is 25.8 Å². The molecule has 4 heteroatoms. The van der Waals surface area contributed by atoms with E-state index < -0.39 is 0 Å². The second-order valence-corrected chi connectivity index (χ2v) is 5.71. The molecule has 0 amide bonds. The number of hydrogen-bond donors (Lipinski definition) is 1. The van der Waals surface area contributed by atoms with Gasteiger partial charge in [-0.2, -0.15) is 0 Å². The lowest BCUT2D eigenvalue weighted by molar-refractivity contribution is 0.515. The predicted molar refractivity (Wildman–Crippen MR) is 69.5 cm³/mol. The maximum absolute atomic E-state index is 13.6. The van der Waals surface area contributed by atoms with Crippen molar-refractivity contribution in [3.8, 4) is 11.3 Å². The summed E-state index contributed by atoms with van der Waals surface area (Å²) < 4.78 is 13.6. The Balaban J connectivity index is 2.28. The van der Waals surface area contributed by atoms with Crippen LogP contribution in [0.5, 0.6) is 0 Å². The molecule has 0 saturated heterocycles. The minimum atomic E-state index is -0.287. The second-order valence-electron chi connectivity index (χ2n) is 4.77. The monoisotopic (exact) mass is 250 g/mol. The van der Waals surface area contributed by atoms with Crippen molar-refractivity contribution in [2.75, 3.05) is 0 Å². The highest BCUT2D eigenvalue weighted by Crippen LogP contribution is 2.25. The van der Waals surface area contributed by atoms with Gasteiger partial charge < -0.3 is 5.73 Å². The summed E-state index contributed by atoms with van der Waals surface area (Å²) in [6.07, 6.45) is 0.701. The molecule has 2 aromatic rings. The van der Waals surface area contributed by atoms with Gasteiger partial charge in [0, 0.05) is 22.9 Å². The molecule has 1 heterocycles. The zero-order valence-electron chi connectivity index (χ0n) is 9.90. The number of benzene rings is 1. The van der Waals surface area contributed by atoms with Gasteiger partial charge in [0.25, 0.3) is 0 Å². The Bertz CT molecular complexity index is 514. The molecule has 0 spiro atoms. The molecule has 90 valence electrons. The molecule has 0 aliphatic heterocycles. The molecule has 1 aromatic heterocycles. The largest absolute Gasteiger partial charge is 0.325 e. The molecule has 0 fully saturated rings. The molecule has 2 rings (SSSR count). The molecule has 2 nitrogen and oxygen atoms in total. The van der Waals surface area contributed by atoms with Gasteiger partial charge in [0.2, 0.25) is 0 Å². The first-order valence-corrected chi connectivity index (χ1v) is 6.32. The zero-order chi connectivity index (χ0) is 12.5. The second kappa shape index (κ2) is 4.55. The minimum absolute atomic E-state index is 0.239. The molecule has 0 radical (unpaired) electrons. The Kier molecular flexibility index (Phi) is 3.26. The Morgan fingerprint density at radius 2 is 2.06 bits per heavy atom. The minimum Gasteiger partial charge on any atom is -0.325 e. The van der Waals surface area contributed by atoms with Gasteiger partial charge in [-0.05, 0) is 26.0 Å². The standard InChI is InChI=1S/C13H15FN2S/c1-13(2,15)7-12-16-11(8-17-12)9-5-3-4-6-10(9)14/h3-6,8H,7,15H2,1-2H3. The topological polar surface area (TPSA) is 38.9 Å². The number of rotatable bonds is 3. The highest BCUT2D eigenvalue weighted by molar-refractivity contribution is 7.09. The fraction of sp³-hybridized carbons (Fsp3) is 0.308. The van der Waals surface area contributed by atoms with Crippen molar-refractivity contribution in [3.63, 3.8) is 0 Å². The van der Waals surface area contributed by atoms with Crippen LogP contribution in [0.4, 0.5) is 4.39 Å². The summed E-state index contributed by atoms with van der Waals surface area (Å²) in [6, 6.07) is 6.67. The van der Waals surface area contributed by atoms with Crippen LogP contribution in [0.2, 0.25) is 0 Å². The molecule has 0 atom stereocenters. The molecule has 0 aliphatic rings. The molecule has 17 heavy (non-hydrogen) atoms. The van der Waals surface area contributed by atoms with E-state index in [1.54, 1.807) is 12.1 Å². The summed E-state index contributed by atoms with van der Waals surface area (Å²) in [5, 5.41) is 2.82. The van der Waals surface area contributed by atoms with Gasteiger partial charge in [-0.15, -0.1) is 11.3 Å². The van der Waals surface area contributed by atoms with Gasteiger partial charge in [-0.1, -0.05) is 12.1 Å². The molecule has 0 saturated carbocycles. The lowest BCUT2D eigenvalue weighted by Gasteiger charge is -2.15. The fourth-order valence-electron chi connectivity index (χ4n) is 1.57. The summed E-state index contributed by atoms with van der Waals surface area (Å²) in [4.78, 5) is 4.43. The summed E-state index contributed by atoms with van der Waals surface area (Å²) >= 11 is 1.52. The van der Waals surface area contributed by atoms with Gasteiger partial charge in [-0.3, -0.25) is 0 Å². The maximum Gasteiger partial charge on any atom is 0.132 e. The van der Waals surface area contributed by atoms with E-state index in [2.05, 4.69) is 4.98 Å². The molecule has 2 N–H and O–H groups in total. The summed E-state index contributed by atoms with van der Waals surface area (Å²) in [5.41, 5.74) is 6.88. The SMILES string of the molecule is CC(C)(N)Cc1nc(-c2ccccc2F)cs1. The van der Waals surface area contributed by atoms with Gasteiger partial charge >= 0.3 is 0 Å².